The van der Waals surface area contributed by atoms with Crippen molar-refractivity contribution in [2.45, 2.75) is 11.3 Å². The number of carbonyl (C=O) groups is 1. The molecule has 3 heteroatoms. The molecule has 3 rings (SSSR count). The molecule has 88 valence electrons. The summed E-state index contributed by atoms with van der Waals surface area (Å²) in [6.45, 7) is 4.71. The fourth-order valence-electron chi connectivity index (χ4n) is 2.85. The summed E-state index contributed by atoms with van der Waals surface area (Å²) in [4.78, 5) is 13.9. The number of rotatable bonds is 2. The number of benzene rings is 1. The van der Waals surface area contributed by atoms with Gasteiger partial charge in [0.15, 0.2) is 0 Å². The normalized spacial score (nSPS) is 31.6. The van der Waals surface area contributed by atoms with Gasteiger partial charge in [-0.2, -0.15) is 0 Å². The van der Waals surface area contributed by atoms with E-state index in [-0.39, 0.29) is 16.7 Å². The van der Waals surface area contributed by atoms with Crippen LogP contribution >= 0.6 is 11.8 Å². The Kier molecular flexibility index (Phi) is 2.51. The predicted molar refractivity (Wildman–Crippen MR) is 70.6 cm³/mol. The van der Waals surface area contributed by atoms with Crippen LogP contribution in [-0.4, -0.2) is 23.1 Å². The van der Waals surface area contributed by atoms with Crippen molar-refractivity contribution < 1.29 is 4.79 Å². The summed E-state index contributed by atoms with van der Waals surface area (Å²) in [6.07, 6.45) is 2.90. The lowest BCUT2D eigenvalue weighted by Crippen LogP contribution is -2.67. The van der Waals surface area contributed by atoms with Crippen LogP contribution in [-0.2, 0) is 9.67 Å². The van der Waals surface area contributed by atoms with Crippen LogP contribution in [0.1, 0.15) is 12.0 Å². The van der Waals surface area contributed by atoms with E-state index in [1.807, 2.05) is 40.9 Å². The van der Waals surface area contributed by atoms with Gasteiger partial charge in [0.05, 0.1) is 5.92 Å². The SMILES string of the molecule is C=C[C@H]1C(=O)N2CCCS[C@]12c1ccccc1. The molecule has 1 amide bonds. The Balaban J connectivity index is 2.07. The van der Waals surface area contributed by atoms with Crippen molar-refractivity contribution in [3.8, 4) is 0 Å². The van der Waals surface area contributed by atoms with Crippen LogP contribution in [0.5, 0.6) is 0 Å². The first kappa shape index (κ1) is 10.9. The third kappa shape index (κ3) is 1.32. The Morgan fingerprint density at radius 3 is 2.88 bits per heavy atom. The topological polar surface area (TPSA) is 20.3 Å². The van der Waals surface area contributed by atoms with E-state index in [0.717, 1.165) is 18.7 Å². The summed E-state index contributed by atoms with van der Waals surface area (Å²) in [5.74, 6) is 1.29. The lowest BCUT2D eigenvalue weighted by Gasteiger charge is -2.59. The van der Waals surface area contributed by atoms with Gasteiger partial charge in [-0.3, -0.25) is 4.79 Å². The van der Waals surface area contributed by atoms with E-state index in [0.29, 0.717) is 0 Å². The molecule has 2 heterocycles. The van der Waals surface area contributed by atoms with Crippen molar-refractivity contribution in [3.63, 3.8) is 0 Å². The summed E-state index contributed by atoms with van der Waals surface area (Å²) in [6, 6.07) is 10.3. The highest BCUT2D eigenvalue weighted by atomic mass is 32.2. The Morgan fingerprint density at radius 2 is 2.18 bits per heavy atom. The molecule has 2 saturated heterocycles. The maximum absolute atomic E-state index is 12.0. The average molecular weight is 245 g/mol. The van der Waals surface area contributed by atoms with E-state index in [4.69, 9.17) is 0 Å². The van der Waals surface area contributed by atoms with Gasteiger partial charge < -0.3 is 4.90 Å². The summed E-state index contributed by atoms with van der Waals surface area (Å²) in [5, 5.41) is 0. The summed E-state index contributed by atoms with van der Waals surface area (Å²) >= 11 is 1.88. The van der Waals surface area contributed by atoms with E-state index < -0.39 is 0 Å². The average Bonchev–Trinajstić information content (AvgIpc) is 2.39. The molecule has 2 fully saturated rings. The highest BCUT2D eigenvalue weighted by Gasteiger charge is 2.60. The van der Waals surface area contributed by atoms with Crippen molar-refractivity contribution in [2.75, 3.05) is 12.3 Å². The Bertz CT molecular complexity index is 459. The predicted octanol–water partition coefficient (Wildman–Crippen LogP) is 2.62. The molecule has 0 N–H and O–H groups in total. The first-order chi connectivity index (χ1) is 8.30. The molecule has 17 heavy (non-hydrogen) atoms. The van der Waals surface area contributed by atoms with Gasteiger partial charge in [-0.15, -0.1) is 18.3 Å². The molecule has 0 aliphatic carbocycles. The van der Waals surface area contributed by atoms with Crippen molar-refractivity contribution >= 4 is 17.7 Å². The van der Waals surface area contributed by atoms with Gasteiger partial charge in [0.25, 0.3) is 0 Å². The van der Waals surface area contributed by atoms with E-state index in [9.17, 15) is 4.79 Å². The summed E-state index contributed by atoms with van der Waals surface area (Å²) in [7, 11) is 0. The molecule has 0 unspecified atom stereocenters. The molecule has 0 radical (unpaired) electrons. The van der Waals surface area contributed by atoms with Gasteiger partial charge in [0.2, 0.25) is 5.91 Å². The zero-order valence-electron chi connectivity index (χ0n) is 9.63. The maximum Gasteiger partial charge on any atom is 0.234 e. The quantitative estimate of drug-likeness (QED) is 0.589. The van der Waals surface area contributed by atoms with Crippen molar-refractivity contribution in [1.82, 2.24) is 4.90 Å². The molecular formula is C14H15NOS. The first-order valence-corrected chi connectivity index (χ1v) is 6.93. The number of amides is 1. The molecule has 2 atom stereocenters. The monoisotopic (exact) mass is 245 g/mol. The van der Waals surface area contributed by atoms with Crippen LogP contribution in [0.3, 0.4) is 0 Å². The molecule has 0 aromatic heterocycles. The van der Waals surface area contributed by atoms with Crippen LogP contribution < -0.4 is 0 Å². The maximum atomic E-state index is 12.0. The number of thioether (sulfide) groups is 1. The van der Waals surface area contributed by atoms with Crippen LogP contribution in [0, 0.1) is 5.92 Å². The largest absolute Gasteiger partial charge is 0.322 e. The van der Waals surface area contributed by atoms with Crippen molar-refractivity contribution in [1.29, 1.82) is 0 Å². The van der Waals surface area contributed by atoms with E-state index >= 15 is 0 Å². The highest BCUT2D eigenvalue weighted by Crippen LogP contribution is 2.56. The van der Waals surface area contributed by atoms with E-state index in [2.05, 4.69) is 18.7 Å². The van der Waals surface area contributed by atoms with Gasteiger partial charge in [-0.05, 0) is 17.7 Å². The lowest BCUT2D eigenvalue weighted by atomic mass is 9.81. The smallest absolute Gasteiger partial charge is 0.234 e. The Hall–Kier alpha value is -1.22. The second-order valence-electron chi connectivity index (χ2n) is 4.47. The van der Waals surface area contributed by atoms with Gasteiger partial charge in [-0.1, -0.05) is 36.4 Å². The third-order valence-corrected chi connectivity index (χ3v) is 5.27. The molecule has 0 saturated carbocycles. The van der Waals surface area contributed by atoms with Crippen LogP contribution in [0.15, 0.2) is 43.0 Å². The molecule has 2 aliphatic heterocycles. The second kappa shape index (κ2) is 3.91. The van der Waals surface area contributed by atoms with Crippen LogP contribution in [0.25, 0.3) is 0 Å². The molecule has 0 bridgehead atoms. The standard InChI is InChI=1S/C14H15NOS/c1-2-12-13(16)15-9-6-10-17-14(12,15)11-7-4-3-5-8-11/h2-5,7-8,12H,1,6,9-10H2/t12-,14+/m0/s1. The molecule has 1 aromatic rings. The number of β-lactam (4-membered cyclic amide) rings is 1. The summed E-state index contributed by atoms with van der Waals surface area (Å²) in [5.41, 5.74) is 1.23. The minimum atomic E-state index is -0.168. The first-order valence-electron chi connectivity index (χ1n) is 5.94. The number of carbonyl (C=O) groups excluding carboxylic acids is 1. The minimum absolute atomic E-state index is 0.0600. The number of hydrogen-bond acceptors (Lipinski definition) is 2. The summed E-state index contributed by atoms with van der Waals surface area (Å²) < 4.78 is 0. The van der Waals surface area contributed by atoms with Crippen LogP contribution in [0.2, 0.25) is 0 Å². The number of nitrogens with zero attached hydrogens (tertiary/aromatic N) is 1. The van der Waals surface area contributed by atoms with Gasteiger partial charge >= 0.3 is 0 Å². The minimum Gasteiger partial charge on any atom is -0.322 e. The lowest BCUT2D eigenvalue weighted by molar-refractivity contribution is -0.157. The molecule has 2 nitrogen and oxygen atoms in total. The van der Waals surface area contributed by atoms with E-state index in [1.54, 1.807) is 0 Å². The molecule has 2 aliphatic rings. The number of fused-ring (bicyclic) bond motifs is 1. The Labute approximate surface area is 106 Å². The zero-order chi connectivity index (χ0) is 11.9. The molecule has 1 aromatic carbocycles. The third-order valence-electron chi connectivity index (χ3n) is 3.63. The fraction of sp³-hybridized carbons (Fsp3) is 0.357. The van der Waals surface area contributed by atoms with Gasteiger partial charge in [0.1, 0.15) is 4.87 Å². The zero-order valence-corrected chi connectivity index (χ0v) is 10.5. The number of hydrogen-bond donors (Lipinski definition) is 0. The van der Waals surface area contributed by atoms with Gasteiger partial charge in [0, 0.05) is 6.54 Å². The second-order valence-corrected chi connectivity index (χ2v) is 5.79. The van der Waals surface area contributed by atoms with Crippen LogP contribution in [0.4, 0.5) is 0 Å². The molecule has 0 spiro atoms. The molecular weight excluding hydrogens is 230 g/mol. The van der Waals surface area contributed by atoms with Crippen molar-refractivity contribution in [2.24, 2.45) is 5.92 Å². The van der Waals surface area contributed by atoms with E-state index in [1.165, 1.54) is 5.56 Å². The Morgan fingerprint density at radius 1 is 1.41 bits per heavy atom. The highest BCUT2D eigenvalue weighted by molar-refractivity contribution is 8.00. The van der Waals surface area contributed by atoms with Gasteiger partial charge in [-0.25, -0.2) is 0 Å². The fourth-order valence-corrected chi connectivity index (χ4v) is 4.45. The van der Waals surface area contributed by atoms with Crippen molar-refractivity contribution in [3.05, 3.63) is 48.6 Å².